The number of carbonyl (C=O) groups is 1. The van der Waals surface area contributed by atoms with Crippen molar-refractivity contribution in [3.63, 3.8) is 0 Å². The highest BCUT2D eigenvalue weighted by molar-refractivity contribution is 5.90. The van der Waals surface area contributed by atoms with Crippen molar-refractivity contribution in [2.24, 2.45) is 5.84 Å². The lowest BCUT2D eigenvalue weighted by molar-refractivity contribution is -0.138. The van der Waals surface area contributed by atoms with Gasteiger partial charge in [-0.25, -0.2) is 10.6 Å². The highest BCUT2D eigenvalue weighted by Gasteiger charge is 2.08. The minimum Gasteiger partial charge on any atom is -0.462 e. The fraction of sp³-hybridized carbons (Fsp3) is 0.583. The third-order valence-electron chi connectivity index (χ3n) is 2.07. The van der Waals surface area contributed by atoms with E-state index >= 15 is 0 Å². The van der Waals surface area contributed by atoms with E-state index in [4.69, 9.17) is 10.6 Å². The van der Waals surface area contributed by atoms with Crippen molar-refractivity contribution in [1.82, 2.24) is 5.01 Å². The fourth-order valence-electron chi connectivity index (χ4n) is 1.26. The maximum Gasteiger partial charge on any atom is 0.337 e. The lowest BCUT2D eigenvalue weighted by Gasteiger charge is -2.20. The molecule has 0 atom stereocenters. The van der Waals surface area contributed by atoms with Crippen molar-refractivity contribution in [1.29, 1.82) is 0 Å². The van der Waals surface area contributed by atoms with Crippen LogP contribution in [-0.4, -0.2) is 24.1 Å². The molecule has 0 rings (SSSR count). The first-order valence-electron chi connectivity index (χ1n) is 5.65. The third kappa shape index (κ3) is 4.98. The van der Waals surface area contributed by atoms with E-state index in [9.17, 15) is 4.79 Å². The van der Waals surface area contributed by atoms with Crippen molar-refractivity contribution >= 4 is 5.97 Å². The summed E-state index contributed by atoms with van der Waals surface area (Å²) in [6.07, 6.45) is 3.41. The van der Waals surface area contributed by atoms with Gasteiger partial charge in [-0.05, 0) is 25.8 Å². The van der Waals surface area contributed by atoms with Gasteiger partial charge in [0.2, 0.25) is 0 Å². The number of hydrazine groups is 1. The van der Waals surface area contributed by atoms with Crippen molar-refractivity contribution in [3.8, 4) is 0 Å². The zero-order chi connectivity index (χ0) is 12.6. The number of nitrogens with two attached hydrogens (primary N) is 1. The molecule has 0 aliphatic rings. The first-order chi connectivity index (χ1) is 7.56. The number of esters is 1. The maximum absolute atomic E-state index is 11.3. The molecule has 0 saturated carbocycles. The van der Waals surface area contributed by atoms with Gasteiger partial charge in [0.1, 0.15) is 0 Å². The summed E-state index contributed by atoms with van der Waals surface area (Å²) < 4.78 is 4.85. The van der Waals surface area contributed by atoms with Crippen LogP contribution in [0.3, 0.4) is 0 Å². The van der Waals surface area contributed by atoms with E-state index in [1.807, 2.05) is 13.8 Å². The Balaban J connectivity index is 4.56. The van der Waals surface area contributed by atoms with Gasteiger partial charge in [0, 0.05) is 12.2 Å². The van der Waals surface area contributed by atoms with E-state index in [2.05, 4.69) is 6.58 Å². The van der Waals surface area contributed by atoms with Crippen LogP contribution in [0.15, 0.2) is 23.9 Å². The second-order valence-electron chi connectivity index (χ2n) is 3.43. The highest BCUT2D eigenvalue weighted by atomic mass is 16.5. The van der Waals surface area contributed by atoms with Crippen LogP contribution >= 0.6 is 0 Å². The molecule has 4 heteroatoms. The van der Waals surface area contributed by atoms with Gasteiger partial charge < -0.3 is 9.75 Å². The van der Waals surface area contributed by atoms with Crippen LogP contribution in [0.5, 0.6) is 0 Å². The molecule has 4 nitrogen and oxygen atoms in total. The molecule has 0 aromatic rings. The summed E-state index contributed by atoms with van der Waals surface area (Å²) in [7, 11) is 0. The molecular formula is C12H22N2O2. The Kier molecular flexibility index (Phi) is 7.29. The molecule has 92 valence electrons. The Morgan fingerprint density at radius 2 is 2.06 bits per heavy atom. The first kappa shape index (κ1) is 14.7. The normalized spacial score (nSPS) is 11.1. The van der Waals surface area contributed by atoms with E-state index in [0.717, 1.165) is 25.1 Å². The fourth-order valence-corrected chi connectivity index (χ4v) is 1.26. The molecule has 0 heterocycles. The predicted molar refractivity (Wildman–Crippen MR) is 65.3 cm³/mol. The maximum atomic E-state index is 11.3. The minimum atomic E-state index is -0.390. The number of nitrogens with zero attached hydrogens (tertiary/aromatic N) is 1. The minimum absolute atomic E-state index is 0.338. The summed E-state index contributed by atoms with van der Waals surface area (Å²) >= 11 is 0. The van der Waals surface area contributed by atoms with Gasteiger partial charge in [0.05, 0.1) is 12.2 Å². The molecule has 0 aromatic heterocycles. The summed E-state index contributed by atoms with van der Waals surface area (Å²) in [6.45, 7) is 10.6. The molecule has 0 radical (unpaired) electrons. The molecule has 0 amide bonds. The van der Waals surface area contributed by atoms with Gasteiger partial charge in [-0.2, -0.15) is 0 Å². The summed E-state index contributed by atoms with van der Waals surface area (Å²) in [5, 5.41) is 1.64. The Labute approximate surface area is 97.7 Å². The molecule has 0 aliphatic heterocycles. The number of carbonyl (C=O) groups excluding carboxylic acids is 1. The van der Waals surface area contributed by atoms with Crippen LogP contribution in [0.2, 0.25) is 0 Å². The Morgan fingerprint density at radius 1 is 1.44 bits per heavy atom. The van der Waals surface area contributed by atoms with E-state index in [1.54, 1.807) is 18.0 Å². The van der Waals surface area contributed by atoms with Crippen molar-refractivity contribution < 1.29 is 9.53 Å². The van der Waals surface area contributed by atoms with Crippen LogP contribution in [0, 0.1) is 0 Å². The lowest BCUT2D eigenvalue weighted by Crippen LogP contribution is -2.31. The molecule has 0 aliphatic carbocycles. The number of ether oxygens (including phenoxy) is 1. The number of allylic oxidation sites excluding steroid dienone is 1. The number of hydrogen-bond acceptors (Lipinski definition) is 4. The van der Waals surface area contributed by atoms with Gasteiger partial charge in [0.15, 0.2) is 0 Å². The third-order valence-corrected chi connectivity index (χ3v) is 2.07. The van der Waals surface area contributed by atoms with Gasteiger partial charge in [0.25, 0.3) is 0 Å². The Morgan fingerprint density at radius 3 is 2.50 bits per heavy atom. The van der Waals surface area contributed by atoms with Crippen molar-refractivity contribution in [2.75, 3.05) is 13.2 Å². The zero-order valence-electron chi connectivity index (χ0n) is 10.5. The SMILES string of the molecule is C=C(/C=C(/CC)N(N)CCC)C(=O)OCC. The summed E-state index contributed by atoms with van der Waals surface area (Å²) in [5.41, 5.74) is 1.23. The molecule has 0 saturated heterocycles. The average Bonchev–Trinajstić information content (AvgIpc) is 2.26. The number of hydrogen-bond donors (Lipinski definition) is 1. The monoisotopic (exact) mass is 226 g/mol. The Bertz CT molecular complexity index is 272. The summed E-state index contributed by atoms with van der Waals surface area (Å²) in [4.78, 5) is 11.3. The first-order valence-corrected chi connectivity index (χ1v) is 5.65. The van der Waals surface area contributed by atoms with E-state index < -0.39 is 5.97 Å². The van der Waals surface area contributed by atoms with E-state index in [0.29, 0.717) is 12.2 Å². The molecule has 0 fully saturated rings. The van der Waals surface area contributed by atoms with Crippen LogP contribution in [0.4, 0.5) is 0 Å². The summed E-state index contributed by atoms with van der Waals surface area (Å²) in [5.74, 6) is 5.44. The van der Waals surface area contributed by atoms with Crippen LogP contribution in [-0.2, 0) is 9.53 Å². The number of rotatable bonds is 7. The largest absolute Gasteiger partial charge is 0.462 e. The molecule has 16 heavy (non-hydrogen) atoms. The molecule has 0 aromatic carbocycles. The second-order valence-corrected chi connectivity index (χ2v) is 3.43. The predicted octanol–water partition coefficient (Wildman–Crippen LogP) is 1.99. The molecule has 2 N–H and O–H groups in total. The van der Waals surface area contributed by atoms with Crippen LogP contribution in [0.25, 0.3) is 0 Å². The van der Waals surface area contributed by atoms with Crippen molar-refractivity contribution in [3.05, 3.63) is 23.9 Å². The van der Waals surface area contributed by atoms with Crippen LogP contribution in [0.1, 0.15) is 33.6 Å². The highest BCUT2D eigenvalue weighted by Crippen LogP contribution is 2.09. The average molecular weight is 226 g/mol. The lowest BCUT2D eigenvalue weighted by atomic mass is 10.2. The van der Waals surface area contributed by atoms with Gasteiger partial charge >= 0.3 is 5.97 Å². The molecular weight excluding hydrogens is 204 g/mol. The molecule has 0 unspecified atom stereocenters. The summed E-state index contributed by atoms with van der Waals surface area (Å²) in [6, 6.07) is 0. The Hall–Kier alpha value is -1.29. The quantitative estimate of drug-likeness (QED) is 0.237. The molecule has 0 bridgehead atoms. The van der Waals surface area contributed by atoms with E-state index in [-0.39, 0.29) is 0 Å². The van der Waals surface area contributed by atoms with Crippen LogP contribution < -0.4 is 5.84 Å². The second kappa shape index (κ2) is 7.93. The van der Waals surface area contributed by atoms with Crippen molar-refractivity contribution in [2.45, 2.75) is 33.6 Å². The zero-order valence-corrected chi connectivity index (χ0v) is 10.5. The smallest absolute Gasteiger partial charge is 0.337 e. The van der Waals surface area contributed by atoms with Gasteiger partial charge in [-0.3, -0.25) is 0 Å². The van der Waals surface area contributed by atoms with E-state index in [1.165, 1.54) is 0 Å². The standard InChI is InChI=1S/C12H22N2O2/c1-5-8-14(13)11(6-2)9-10(4)12(15)16-7-3/h9H,4-8,13H2,1-3H3/b11-9-. The molecule has 0 spiro atoms. The van der Waals surface area contributed by atoms with Gasteiger partial charge in [-0.1, -0.05) is 20.4 Å². The topological polar surface area (TPSA) is 55.6 Å². The van der Waals surface area contributed by atoms with Gasteiger partial charge in [-0.15, -0.1) is 0 Å².